The topological polar surface area (TPSA) is 26.3 Å². The number of ether oxygens (including phenoxy) is 1. The van der Waals surface area contributed by atoms with E-state index in [-0.39, 0.29) is 5.78 Å². The van der Waals surface area contributed by atoms with Crippen molar-refractivity contribution in [2.75, 3.05) is 7.11 Å². The summed E-state index contributed by atoms with van der Waals surface area (Å²) in [5.41, 5.74) is 4.08. The van der Waals surface area contributed by atoms with Crippen LogP contribution in [0.25, 0.3) is 0 Å². The third-order valence-electron chi connectivity index (χ3n) is 3.40. The normalized spacial score (nSPS) is 10.4. The maximum absolute atomic E-state index is 12.4. The smallest absolute Gasteiger partial charge is 0.170 e. The number of carbonyl (C=O) groups is 1. The maximum Gasteiger partial charge on any atom is 0.170 e. The molecular formula is C17H17BrO2. The summed E-state index contributed by atoms with van der Waals surface area (Å²) in [5.74, 6) is 0.674. The van der Waals surface area contributed by atoms with Crippen molar-refractivity contribution in [2.24, 2.45) is 0 Å². The molecule has 0 saturated heterocycles. The lowest BCUT2D eigenvalue weighted by atomic mass is 9.99. The molecule has 0 bridgehead atoms. The highest BCUT2D eigenvalue weighted by Gasteiger charge is 2.13. The number of carbonyl (C=O) groups excluding carboxylic acids is 1. The Morgan fingerprint density at radius 1 is 1.10 bits per heavy atom. The fraction of sp³-hybridized carbons (Fsp3) is 0.235. The Kier molecular flexibility index (Phi) is 4.61. The van der Waals surface area contributed by atoms with Gasteiger partial charge in [-0.05, 0) is 48.7 Å². The number of hydrogen-bond donors (Lipinski definition) is 0. The molecule has 0 radical (unpaired) electrons. The fourth-order valence-electron chi connectivity index (χ4n) is 2.09. The van der Waals surface area contributed by atoms with E-state index in [1.54, 1.807) is 13.2 Å². The molecule has 20 heavy (non-hydrogen) atoms. The quantitative estimate of drug-likeness (QED) is 0.770. The van der Waals surface area contributed by atoms with E-state index in [2.05, 4.69) is 41.9 Å². The van der Waals surface area contributed by atoms with Crippen LogP contribution in [0.2, 0.25) is 0 Å². The van der Waals surface area contributed by atoms with Crippen LogP contribution in [0.4, 0.5) is 0 Å². The van der Waals surface area contributed by atoms with Gasteiger partial charge in [0.15, 0.2) is 5.78 Å². The zero-order valence-electron chi connectivity index (χ0n) is 11.9. The molecule has 0 aromatic heterocycles. The first-order chi connectivity index (χ1) is 9.51. The Morgan fingerprint density at radius 3 is 2.50 bits per heavy atom. The predicted molar refractivity (Wildman–Crippen MR) is 84.6 cm³/mol. The van der Waals surface area contributed by atoms with E-state index in [4.69, 9.17) is 4.74 Å². The molecule has 2 aromatic carbocycles. The van der Waals surface area contributed by atoms with E-state index >= 15 is 0 Å². The number of aryl methyl sites for hydroxylation is 2. The van der Waals surface area contributed by atoms with Gasteiger partial charge in [0, 0.05) is 10.9 Å². The lowest BCUT2D eigenvalue weighted by molar-refractivity contribution is 0.0990. The van der Waals surface area contributed by atoms with Crippen LogP contribution in [0.15, 0.2) is 40.9 Å². The largest absolute Gasteiger partial charge is 0.496 e. The zero-order chi connectivity index (χ0) is 14.7. The van der Waals surface area contributed by atoms with Gasteiger partial charge in [-0.3, -0.25) is 4.79 Å². The van der Waals surface area contributed by atoms with Gasteiger partial charge in [-0.25, -0.2) is 0 Å². The monoisotopic (exact) mass is 332 g/mol. The first kappa shape index (κ1) is 14.8. The van der Waals surface area contributed by atoms with Crippen LogP contribution >= 0.6 is 15.9 Å². The first-order valence-electron chi connectivity index (χ1n) is 6.44. The molecule has 2 nitrogen and oxygen atoms in total. The molecule has 0 spiro atoms. The predicted octanol–water partition coefficient (Wildman–Crippen LogP) is 4.50. The molecular weight excluding hydrogens is 316 g/mol. The Hall–Kier alpha value is -1.61. The van der Waals surface area contributed by atoms with Gasteiger partial charge < -0.3 is 4.74 Å². The molecule has 0 heterocycles. The summed E-state index contributed by atoms with van der Waals surface area (Å²) >= 11 is 3.39. The molecule has 3 heteroatoms. The minimum Gasteiger partial charge on any atom is -0.496 e. The molecule has 0 unspecified atom stereocenters. The van der Waals surface area contributed by atoms with E-state index in [0.717, 1.165) is 10.0 Å². The fourth-order valence-corrected chi connectivity index (χ4v) is 2.45. The molecule has 2 aromatic rings. The Balaban J connectivity index is 2.27. The summed E-state index contributed by atoms with van der Waals surface area (Å²) in [4.78, 5) is 12.4. The molecule has 0 atom stereocenters. The summed E-state index contributed by atoms with van der Waals surface area (Å²) in [6.07, 6.45) is 0.383. The molecule has 0 aliphatic carbocycles. The number of Topliss-reactive ketones (excluding diaryl/α,β-unsaturated/α-hetero) is 1. The minimum absolute atomic E-state index is 0.0615. The van der Waals surface area contributed by atoms with Crippen LogP contribution in [0.5, 0.6) is 5.75 Å². The van der Waals surface area contributed by atoms with Crippen LogP contribution in [0, 0.1) is 13.8 Å². The van der Waals surface area contributed by atoms with Crippen LogP contribution in [0.3, 0.4) is 0 Å². The van der Waals surface area contributed by atoms with Crippen molar-refractivity contribution in [1.82, 2.24) is 0 Å². The highest BCUT2D eigenvalue weighted by atomic mass is 79.9. The van der Waals surface area contributed by atoms with Crippen LogP contribution in [-0.4, -0.2) is 12.9 Å². The van der Waals surface area contributed by atoms with Gasteiger partial charge in [-0.15, -0.1) is 0 Å². The van der Waals surface area contributed by atoms with Crippen molar-refractivity contribution >= 4 is 21.7 Å². The second-order valence-electron chi connectivity index (χ2n) is 4.86. The van der Waals surface area contributed by atoms with Crippen LogP contribution < -0.4 is 4.74 Å². The van der Waals surface area contributed by atoms with Gasteiger partial charge in [0.1, 0.15) is 5.75 Å². The van der Waals surface area contributed by atoms with Crippen LogP contribution in [-0.2, 0) is 6.42 Å². The second-order valence-corrected chi connectivity index (χ2v) is 5.78. The number of rotatable bonds is 4. The lowest BCUT2D eigenvalue weighted by Crippen LogP contribution is -2.06. The number of hydrogen-bond acceptors (Lipinski definition) is 2. The Bertz CT molecular complexity index is 647. The maximum atomic E-state index is 12.4. The van der Waals surface area contributed by atoms with Gasteiger partial charge in [-0.2, -0.15) is 0 Å². The van der Waals surface area contributed by atoms with Crippen molar-refractivity contribution in [3.05, 3.63) is 63.1 Å². The summed E-state index contributed by atoms with van der Waals surface area (Å²) in [6.45, 7) is 4.13. The average Bonchev–Trinajstić information content (AvgIpc) is 2.43. The molecule has 0 aliphatic heterocycles. The minimum atomic E-state index is 0.0615. The number of methoxy groups -OCH3 is 1. The number of ketones is 1. The highest BCUT2D eigenvalue weighted by Crippen LogP contribution is 2.24. The van der Waals surface area contributed by atoms with Gasteiger partial charge >= 0.3 is 0 Å². The number of halogens is 1. The van der Waals surface area contributed by atoms with Crippen molar-refractivity contribution < 1.29 is 9.53 Å². The second kappa shape index (κ2) is 6.23. The number of benzene rings is 2. The van der Waals surface area contributed by atoms with Crippen molar-refractivity contribution in [2.45, 2.75) is 20.3 Å². The summed E-state index contributed by atoms with van der Waals surface area (Å²) in [7, 11) is 1.58. The summed E-state index contributed by atoms with van der Waals surface area (Å²) in [6, 6.07) is 11.6. The van der Waals surface area contributed by atoms with E-state index in [1.165, 1.54) is 11.1 Å². The SMILES string of the molecule is COc1ccc(Br)cc1C(=O)Cc1ccc(C)c(C)c1. The van der Waals surface area contributed by atoms with Crippen molar-refractivity contribution in [3.8, 4) is 5.75 Å². The van der Waals surface area contributed by atoms with Gasteiger partial charge in [-0.1, -0.05) is 34.1 Å². The summed E-state index contributed by atoms with van der Waals surface area (Å²) in [5, 5.41) is 0. The van der Waals surface area contributed by atoms with E-state index in [0.29, 0.717) is 17.7 Å². The van der Waals surface area contributed by atoms with Gasteiger partial charge in [0.2, 0.25) is 0 Å². The van der Waals surface area contributed by atoms with Crippen molar-refractivity contribution in [1.29, 1.82) is 0 Å². The molecule has 104 valence electrons. The van der Waals surface area contributed by atoms with E-state index in [9.17, 15) is 4.79 Å². The molecule has 0 N–H and O–H groups in total. The molecule has 0 aliphatic rings. The lowest BCUT2D eigenvalue weighted by Gasteiger charge is -2.09. The van der Waals surface area contributed by atoms with E-state index in [1.807, 2.05) is 18.2 Å². The third kappa shape index (κ3) is 3.28. The molecule has 2 rings (SSSR count). The van der Waals surface area contributed by atoms with Gasteiger partial charge in [0.05, 0.1) is 12.7 Å². The van der Waals surface area contributed by atoms with Gasteiger partial charge in [0.25, 0.3) is 0 Å². The zero-order valence-corrected chi connectivity index (χ0v) is 13.5. The van der Waals surface area contributed by atoms with Crippen LogP contribution in [0.1, 0.15) is 27.0 Å². The summed E-state index contributed by atoms with van der Waals surface area (Å²) < 4.78 is 6.14. The molecule has 0 saturated carbocycles. The highest BCUT2D eigenvalue weighted by molar-refractivity contribution is 9.10. The molecule has 0 amide bonds. The van der Waals surface area contributed by atoms with Crippen molar-refractivity contribution in [3.63, 3.8) is 0 Å². The Labute approximate surface area is 127 Å². The third-order valence-corrected chi connectivity index (χ3v) is 3.89. The standard InChI is InChI=1S/C17H17BrO2/c1-11-4-5-13(8-12(11)2)9-16(19)15-10-14(18)6-7-17(15)20-3/h4-8,10H,9H2,1-3H3. The van der Waals surface area contributed by atoms with E-state index < -0.39 is 0 Å². The Morgan fingerprint density at radius 2 is 1.85 bits per heavy atom. The average molecular weight is 333 g/mol. The molecule has 0 fully saturated rings. The first-order valence-corrected chi connectivity index (χ1v) is 7.23.